The van der Waals surface area contributed by atoms with Gasteiger partial charge in [-0.2, -0.15) is 0 Å². The van der Waals surface area contributed by atoms with Crippen LogP contribution < -0.4 is 5.73 Å². The Balaban J connectivity index is 3.95. The van der Waals surface area contributed by atoms with Gasteiger partial charge in [-0.1, -0.05) is 262 Å². The van der Waals surface area contributed by atoms with E-state index in [0.29, 0.717) is 6.42 Å². The average Bonchev–Trinajstić information content (AvgIpc) is 3.33. The molecule has 0 rings (SSSR count). The number of rotatable bonds is 54. The van der Waals surface area contributed by atoms with Gasteiger partial charge in [0.2, 0.25) is 0 Å². The fourth-order valence-corrected chi connectivity index (χ4v) is 9.04. The van der Waals surface area contributed by atoms with E-state index in [-0.39, 0.29) is 38.6 Å². The van der Waals surface area contributed by atoms with E-state index in [9.17, 15) is 19.0 Å². The second-order valence-electron chi connectivity index (χ2n) is 19.1. The Hall–Kier alpha value is -2.03. The number of carbonyl (C=O) groups excluding carboxylic acids is 2. The maximum atomic E-state index is 12.7. The van der Waals surface area contributed by atoms with Crippen molar-refractivity contribution in [1.29, 1.82) is 0 Å². The van der Waals surface area contributed by atoms with E-state index in [2.05, 4.69) is 62.5 Å². The van der Waals surface area contributed by atoms with Crippen molar-refractivity contribution in [3.05, 3.63) is 48.6 Å². The van der Waals surface area contributed by atoms with Gasteiger partial charge in [0.15, 0.2) is 6.10 Å². The van der Waals surface area contributed by atoms with Gasteiger partial charge in [-0.3, -0.25) is 18.6 Å². The highest BCUT2D eigenvalue weighted by Gasteiger charge is 2.26. The fraction of sp³-hybridized carbons (Fsp3) is 0.828. The molecule has 0 aromatic rings. The maximum Gasteiger partial charge on any atom is 0.472 e. The molecule has 0 spiro atoms. The molecule has 0 saturated carbocycles. The van der Waals surface area contributed by atoms with Gasteiger partial charge in [-0.05, 0) is 51.4 Å². The van der Waals surface area contributed by atoms with E-state index >= 15 is 0 Å². The molecule has 2 atom stereocenters. The maximum absolute atomic E-state index is 12.7. The van der Waals surface area contributed by atoms with Crippen LogP contribution >= 0.6 is 7.82 Å². The number of hydrogen-bond acceptors (Lipinski definition) is 8. The van der Waals surface area contributed by atoms with Crippen LogP contribution in [0.4, 0.5) is 0 Å². The largest absolute Gasteiger partial charge is 0.472 e. The van der Waals surface area contributed by atoms with E-state index < -0.39 is 26.5 Å². The number of phosphoric ester groups is 1. The molecule has 0 radical (unpaired) electrons. The number of nitrogens with two attached hydrogens (primary N) is 1. The summed E-state index contributed by atoms with van der Waals surface area (Å²) in [4.78, 5) is 35.2. The number of unbranched alkanes of at least 4 members (excludes halogenated alkanes) is 33. The zero-order valence-electron chi connectivity index (χ0n) is 44.3. The summed E-state index contributed by atoms with van der Waals surface area (Å²) in [5.74, 6) is -0.826. The molecule has 0 aromatic heterocycles. The van der Waals surface area contributed by atoms with Gasteiger partial charge in [0.25, 0.3) is 0 Å². The summed E-state index contributed by atoms with van der Waals surface area (Å²) >= 11 is 0. The second kappa shape index (κ2) is 54.3. The van der Waals surface area contributed by atoms with E-state index in [1.54, 1.807) is 0 Å². The monoisotopic (exact) mass is 978 g/mol. The number of carbonyl (C=O) groups is 2. The molecule has 0 bridgehead atoms. The normalized spacial score (nSPS) is 13.4. The Kier molecular flexibility index (Phi) is 52.7. The molecule has 68 heavy (non-hydrogen) atoms. The lowest BCUT2D eigenvalue weighted by molar-refractivity contribution is -0.161. The number of esters is 2. The standard InChI is InChI=1S/C58H108NO8P/c1-3-5-7-9-11-13-15-17-19-21-23-25-26-27-28-29-31-32-34-36-38-40-42-44-46-48-50-57(60)64-54-56(55-66-68(62,63)65-53-52-59)67-58(61)51-49-47-45-43-41-39-37-35-33-30-24-22-20-18-16-14-12-10-8-6-4-2/h6,8,12,14,18,20,24,30,56H,3-5,7,9-11,13,15-17,19,21-23,25-29,31-55,59H2,1-2H3,(H,62,63)/b8-6-,14-12-,20-18-,30-24-. The third kappa shape index (κ3) is 53.3. The Morgan fingerprint density at radius 2 is 0.809 bits per heavy atom. The van der Waals surface area contributed by atoms with Gasteiger partial charge in [0.05, 0.1) is 13.2 Å². The predicted molar refractivity (Wildman–Crippen MR) is 289 cm³/mol. The zero-order valence-corrected chi connectivity index (χ0v) is 45.2. The number of allylic oxidation sites excluding steroid dienone is 8. The zero-order chi connectivity index (χ0) is 49.5. The van der Waals surface area contributed by atoms with Gasteiger partial charge in [-0.15, -0.1) is 0 Å². The molecular formula is C58H108NO8P. The van der Waals surface area contributed by atoms with E-state index in [1.807, 2.05) is 0 Å². The summed E-state index contributed by atoms with van der Waals surface area (Å²) in [6, 6.07) is 0. The molecule has 0 amide bonds. The lowest BCUT2D eigenvalue weighted by Crippen LogP contribution is -2.29. The second-order valence-corrected chi connectivity index (χ2v) is 20.6. The van der Waals surface area contributed by atoms with Crippen molar-refractivity contribution in [2.75, 3.05) is 26.4 Å². The van der Waals surface area contributed by atoms with Crippen molar-refractivity contribution in [3.8, 4) is 0 Å². The van der Waals surface area contributed by atoms with Crippen LogP contribution in [0.25, 0.3) is 0 Å². The molecule has 10 heteroatoms. The summed E-state index contributed by atoms with van der Waals surface area (Å²) in [6.07, 6.45) is 66.0. The average molecular weight is 978 g/mol. The lowest BCUT2D eigenvalue weighted by Gasteiger charge is -2.19. The van der Waals surface area contributed by atoms with Gasteiger partial charge >= 0.3 is 19.8 Å². The SMILES string of the molecule is CC/C=C\C/C=C\C/C=C\C/C=C\CCCCCCCCCCC(=O)OC(COC(=O)CCCCCCCCCCCCCCCCCCCCCCCCCCCC)COP(=O)(O)OCCN. The minimum Gasteiger partial charge on any atom is -0.462 e. The van der Waals surface area contributed by atoms with Crippen molar-refractivity contribution in [1.82, 2.24) is 0 Å². The Morgan fingerprint density at radius 3 is 1.21 bits per heavy atom. The number of ether oxygens (including phenoxy) is 2. The van der Waals surface area contributed by atoms with Gasteiger partial charge < -0.3 is 20.1 Å². The molecule has 2 unspecified atom stereocenters. The minimum absolute atomic E-state index is 0.0519. The predicted octanol–water partition coefficient (Wildman–Crippen LogP) is 17.8. The number of hydrogen-bond donors (Lipinski definition) is 2. The molecule has 0 heterocycles. The van der Waals surface area contributed by atoms with E-state index in [4.69, 9.17) is 24.3 Å². The summed E-state index contributed by atoms with van der Waals surface area (Å²) in [5.41, 5.74) is 5.38. The van der Waals surface area contributed by atoms with Gasteiger partial charge in [0.1, 0.15) is 6.61 Å². The van der Waals surface area contributed by atoms with Crippen molar-refractivity contribution in [3.63, 3.8) is 0 Å². The van der Waals surface area contributed by atoms with Gasteiger partial charge in [-0.25, -0.2) is 4.57 Å². The molecule has 3 N–H and O–H groups in total. The van der Waals surface area contributed by atoms with Crippen LogP contribution in [0.15, 0.2) is 48.6 Å². The summed E-state index contributed by atoms with van der Waals surface area (Å²) < 4.78 is 33.0. The fourth-order valence-electron chi connectivity index (χ4n) is 8.28. The molecule has 0 aliphatic carbocycles. The van der Waals surface area contributed by atoms with E-state index in [1.165, 1.54) is 173 Å². The van der Waals surface area contributed by atoms with E-state index in [0.717, 1.165) is 70.6 Å². The summed E-state index contributed by atoms with van der Waals surface area (Å²) in [6.45, 7) is 3.66. The Bertz CT molecular complexity index is 1250. The molecule has 0 aromatic carbocycles. The highest BCUT2D eigenvalue weighted by atomic mass is 31.2. The van der Waals surface area contributed by atoms with Crippen LogP contribution in [0.3, 0.4) is 0 Å². The summed E-state index contributed by atoms with van der Waals surface area (Å²) in [7, 11) is -4.39. The van der Waals surface area contributed by atoms with Crippen molar-refractivity contribution in [2.24, 2.45) is 5.73 Å². The first-order valence-corrected chi connectivity index (χ1v) is 30.1. The first-order chi connectivity index (χ1) is 33.3. The van der Waals surface area contributed by atoms with Crippen molar-refractivity contribution < 1.29 is 37.6 Å². The minimum atomic E-state index is -4.39. The van der Waals surface area contributed by atoms with Crippen LogP contribution in [-0.4, -0.2) is 49.3 Å². The molecule has 0 aliphatic heterocycles. The van der Waals surface area contributed by atoms with Crippen LogP contribution in [0.5, 0.6) is 0 Å². The number of phosphoric acid groups is 1. The molecular weight excluding hydrogens is 870 g/mol. The third-order valence-corrected chi connectivity index (χ3v) is 13.5. The van der Waals surface area contributed by atoms with Crippen LogP contribution in [0.1, 0.15) is 277 Å². The Morgan fingerprint density at radius 1 is 0.456 bits per heavy atom. The van der Waals surface area contributed by atoms with Crippen LogP contribution in [0, 0.1) is 0 Å². The molecule has 0 fully saturated rings. The van der Waals surface area contributed by atoms with Crippen LogP contribution in [0.2, 0.25) is 0 Å². The topological polar surface area (TPSA) is 134 Å². The quantitative estimate of drug-likeness (QED) is 0.0264. The third-order valence-electron chi connectivity index (χ3n) is 12.5. The molecule has 0 saturated heterocycles. The Labute approximate surface area is 419 Å². The van der Waals surface area contributed by atoms with Crippen molar-refractivity contribution in [2.45, 2.75) is 283 Å². The smallest absolute Gasteiger partial charge is 0.462 e. The summed E-state index contributed by atoms with van der Waals surface area (Å²) in [5, 5.41) is 0. The molecule has 398 valence electrons. The van der Waals surface area contributed by atoms with Gasteiger partial charge in [0, 0.05) is 19.4 Å². The molecule has 0 aliphatic rings. The van der Waals surface area contributed by atoms with Crippen LogP contribution in [-0.2, 0) is 32.7 Å². The van der Waals surface area contributed by atoms with Crippen molar-refractivity contribution >= 4 is 19.8 Å². The lowest BCUT2D eigenvalue weighted by atomic mass is 10.0. The highest BCUT2D eigenvalue weighted by molar-refractivity contribution is 7.47. The first kappa shape index (κ1) is 66.0. The molecule has 9 nitrogen and oxygen atoms in total. The first-order valence-electron chi connectivity index (χ1n) is 28.6. The highest BCUT2D eigenvalue weighted by Crippen LogP contribution is 2.43.